The van der Waals surface area contributed by atoms with E-state index in [-0.39, 0.29) is 23.9 Å². The highest BCUT2D eigenvalue weighted by Crippen LogP contribution is 2.19. The van der Waals surface area contributed by atoms with Crippen LogP contribution in [0.25, 0.3) is 0 Å². The molecule has 1 aromatic rings. The van der Waals surface area contributed by atoms with Crippen molar-refractivity contribution in [1.29, 1.82) is 0 Å². The highest BCUT2D eigenvalue weighted by Gasteiger charge is 2.20. The zero-order valence-electron chi connectivity index (χ0n) is 14.1. The van der Waals surface area contributed by atoms with Crippen LogP contribution < -0.4 is 15.8 Å². The van der Waals surface area contributed by atoms with Gasteiger partial charge in [-0.15, -0.1) is 12.4 Å². The van der Waals surface area contributed by atoms with Crippen LogP contribution in [0.2, 0.25) is 0 Å². The van der Waals surface area contributed by atoms with Gasteiger partial charge in [0.25, 0.3) is 0 Å². The molecule has 22 heavy (non-hydrogen) atoms. The second-order valence-corrected chi connectivity index (χ2v) is 5.71. The van der Waals surface area contributed by atoms with Crippen molar-refractivity contribution in [3.05, 3.63) is 29.3 Å². The van der Waals surface area contributed by atoms with Crippen molar-refractivity contribution < 1.29 is 9.53 Å². The first-order chi connectivity index (χ1) is 9.90. The molecule has 0 fully saturated rings. The second-order valence-electron chi connectivity index (χ2n) is 5.71. The summed E-state index contributed by atoms with van der Waals surface area (Å²) in [4.78, 5) is 11.8. The Morgan fingerprint density at radius 2 is 1.91 bits per heavy atom. The average molecular weight is 329 g/mol. The summed E-state index contributed by atoms with van der Waals surface area (Å²) in [6, 6.07) is 6.06. The van der Waals surface area contributed by atoms with Gasteiger partial charge in [-0.1, -0.05) is 26.0 Å². The van der Waals surface area contributed by atoms with E-state index in [2.05, 4.69) is 5.32 Å². The molecule has 0 heterocycles. The SMILES string of the molecule is CCC(N)(CC)CNC(=O)CCOc1cc(C)ccc1C.Cl. The lowest BCUT2D eigenvalue weighted by Crippen LogP contribution is -2.49. The lowest BCUT2D eigenvalue weighted by Gasteiger charge is -2.26. The summed E-state index contributed by atoms with van der Waals surface area (Å²) >= 11 is 0. The standard InChI is InChI=1S/C17H28N2O2.ClH/c1-5-17(18,6-2)12-19-16(20)9-10-21-15-11-13(3)7-8-14(15)4;/h7-8,11H,5-6,9-10,12,18H2,1-4H3,(H,19,20);1H. The van der Waals surface area contributed by atoms with Gasteiger partial charge in [0, 0.05) is 12.1 Å². The first kappa shape index (κ1) is 20.7. The van der Waals surface area contributed by atoms with E-state index >= 15 is 0 Å². The maximum absolute atomic E-state index is 11.8. The minimum absolute atomic E-state index is 0. The molecule has 0 aliphatic carbocycles. The normalized spacial score (nSPS) is 10.8. The third-order valence-electron chi connectivity index (χ3n) is 3.98. The fourth-order valence-electron chi connectivity index (χ4n) is 1.98. The Morgan fingerprint density at radius 3 is 2.50 bits per heavy atom. The molecule has 0 unspecified atom stereocenters. The van der Waals surface area contributed by atoms with Crippen LogP contribution >= 0.6 is 12.4 Å². The van der Waals surface area contributed by atoms with Crippen LogP contribution in [0, 0.1) is 13.8 Å². The van der Waals surface area contributed by atoms with Crippen LogP contribution in [0.4, 0.5) is 0 Å². The molecule has 0 spiro atoms. The molecule has 0 aliphatic heterocycles. The number of carbonyl (C=O) groups is 1. The molecule has 0 aliphatic rings. The van der Waals surface area contributed by atoms with Gasteiger partial charge in [-0.3, -0.25) is 4.79 Å². The molecule has 5 heteroatoms. The molecule has 1 amide bonds. The Morgan fingerprint density at radius 1 is 1.27 bits per heavy atom. The van der Waals surface area contributed by atoms with E-state index in [0.29, 0.717) is 19.6 Å². The van der Waals surface area contributed by atoms with Gasteiger partial charge in [0.05, 0.1) is 13.0 Å². The number of carbonyl (C=O) groups excluding carboxylic acids is 1. The number of halogens is 1. The molecule has 1 rings (SSSR count). The zero-order valence-corrected chi connectivity index (χ0v) is 14.9. The fraction of sp³-hybridized carbons (Fsp3) is 0.588. The second kappa shape index (κ2) is 9.70. The minimum atomic E-state index is -0.302. The van der Waals surface area contributed by atoms with Crippen molar-refractivity contribution in [2.75, 3.05) is 13.2 Å². The number of aryl methyl sites for hydroxylation is 2. The number of rotatable bonds is 8. The lowest BCUT2D eigenvalue weighted by atomic mass is 9.94. The Balaban J connectivity index is 0.00000441. The van der Waals surface area contributed by atoms with Gasteiger partial charge < -0.3 is 15.8 Å². The van der Waals surface area contributed by atoms with Crippen molar-refractivity contribution >= 4 is 18.3 Å². The Hall–Kier alpha value is -1.26. The summed E-state index contributed by atoms with van der Waals surface area (Å²) < 4.78 is 5.68. The maximum atomic E-state index is 11.8. The molecule has 0 saturated carbocycles. The van der Waals surface area contributed by atoms with Gasteiger partial charge in [-0.05, 0) is 43.9 Å². The van der Waals surface area contributed by atoms with Crippen molar-refractivity contribution in [1.82, 2.24) is 5.32 Å². The third kappa shape index (κ3) is 6.67. The molecule has 126 valence electrons. The Labute approximate surface area is 140 Å². The topological polar surface area (TPSA) is 64.3 Å². The summed E-state index contributed by atoms with van der Waals surface area (Å²) in [7, 11) is 0. The molecular formula is C17H29ClN2O2. The molecule has 3 N–H and O–H groups in total. The molecule has 0 saturated heterocycles. The van der Waals surface area contributed by atoms with E-state index in [4.69, 9.17) is 10.5 Å². The lowest BCUT2D eigenvalue weighted by molar-refractivity contribution is -0.121. The number of nitrogens with one attached hydrogen (secondary N) is 1. The number of amides is 1. The van der Waals surface area contributed by atoms with Crippen molar-refractivity contribution in [2.24, 2.45) is 5.73 Å². The van der Waals surface area contributed by atoms with Crippen molar-refractivity contribution in [3.63, 3.8) is 0 Å². The zero-order chi connectivity index (χ0) is 15.9. The largest absolute Gasteiger partial charge is 0.493 e. The van der Waals surface area contributed by atoms with E-state index in [0.717, 1.165) is 29.7 Å². The molecule has 0 aromatic heterocycles. The summed E-state index contributed by atoms with van der Waals surface area (Å²) in [5.41, 5.74) is 8.09. The van der Waals surface area contributed by atoms with E-state index in [1.807, 2.05) is 45.9 Å². The number of ether oxygens (including phenoxy) is 1. The summed E-state index contributed by atoms with van der Waals surface area (Å²) in [6.07, 6.45) is 2.04. The van der Waals surface area contributed by atoms with Gasteiger partial charge in [0.1, 0.15) is 5.75 Å². The molecular weight excluding hydrogens is 300 g/mol. The minimum Gasteiger partial charge on any atom is -0.493 e. The van der Waals surface area contributed by atoms with Crippen LogP contribution in [0.5, 0.6) is 5.75 Å². The van der Waals surface area contributed by atoms with Crippen LogP contribution in [-0.2, 0) is 4.79 Å². The van der Waals surface area contributed by atoms with Gasteiger partial charge in [-0.25, -0.2) is 0 Å². The molecule has 1 aromatic carbocycles. The van der Waals surface area contributed by atoms with Gasteiger partial charge in [-0.2, -0.15) is 0 Å². The Bertz CT molecular complexity index is 474. The molecule has 0 bridgehead atoms. The van der Waals surface area contributed by atoms with Gasteiger partial charge in [0.15, 0.2) is 0 Å². The van der Waals surface area contributed by atoms with Gasteiger partial charge in [0.2, 0.25) is 5.91 Å². The number of nitrogens with two attached hydrogens (primary N) is 1. The molecule has 0 radical (unpaired) electrons. The summed E-state index contributed by atoms with van der Waals surface area (Å²) in [6.45, 7) is 9.00. The first-order valence-electron chi connectivity index (χ1n) is 7.66. The number of hydrogen-bond acceptors (Lipinski definition) is 3. The predicted molar refractivity (Wildman–Crippen MR) is 93.8 cm³/mol. The average Bonchev–Trinajstić information content (AvgIpc) is 2.48. The quantitative estimate of drug-likeness (QED) is 0.770. The van der Waals surface area contributed by atoms with E-state index in [1.165, 1.54) is 0 Å². The number of hydrogen-bond donors (Lipinski definition) is 2. The molecule has 4 nitrogen and oxygen atoms in total. The summed E-state index contributed by atoms with van der Waals surface area (Å²) in [5, 5.41) is 2.89. The fourth-order valence-corrected chi connectivity index (χ4v) is 1.98. The van der Waals surface area contributed by atoms with E-state index < -0.39 is 0 Å². The van der Waals surface area contributed by atoms with Crippen LogP contribution in [0.15, 0.2) is 18.2 Å². The summed E-state index contributed by atoms with van der Waals surface area (Å²) in [5.74, 6) is 0.829. The highest BCUT2D eigenvalue weighted by atomic mass is 35.5. The smallest absolute Gasteiger partial charge is 0.223 e. The van der Waals surface area contributed by atoms with Crippen molar-refractivity contribution in [2.45, 2.75) is 52.5 Å². The third-order valence-corrected chi connectivity index (χ3v) is 3.98. The number of benzene rings is 1. The predicted octanol–water partition coefficient (Wildman–Crippen LogP) is 3.13. The van der Waals surface area contributed by atoms with Crippen LogP contribution in [-0.4, -0.2) is 24.6 Å². The highest BCUT2D eigenvalue weighted by molar-refractivity contribution is 5.85. The van der Waals surface area contributed by atoms with Crippen LogP contribution in [0.3, 0.4) is 0 Å². The van der Waals surface area contributed by atoms with Gasteiger partial charge >= 0.3 is 0 Å². The van der Waals surface area contributed by atoms with E-state index in [9.17, 15) is 4.79 Å². The first-order valence-corrected chi connectivity index (χ1v) is 7.66. The monoisotopic (exact) mass is 328 g/mol. The van der Waals surface area contributed by atoms with Crippen LogP contribution in [0.1, 0.15) is 44.2 Å². The van der Waals surface area contributed by atoms with Crippen molar-refractivity contribution in [3.8, 4) is 5.75 Å². The maximum Gasteiger partial charge on any atom is 0.223 e. The molecule has 0 atom stereocenters. The van der Waals surface area contributed by atoms with E-state index in [1.54, 1.807) is 0 Å². The Kier molecular flexibility index (Phi) is 9.14.